The maximum Gasteiger partial charge on any atom is 0.106 e. The zero-order chi connectivity index (χ0) is 12.5. The third-order valence-electron chi connectivity index (χ3n) is 2.85. The molecule has 2 heteroatoms. The summed E-state index contributed by atoms with van der Waals surface area (Å²) in [7, 11) is 1.87. The second-order valence-electron chi connectivity index (χ2n) is 5.31. The van der Waals surface area contributed by atoms with E-state index in [9.17, 15) is 0 Å². The fraction of sp³-hybridized carbons (Fsp3) is 0.500. The average Bonchev–Trinajstić information content (AvgIpc) is 2.14. The Hall–Kier alpha value is -0.890. The molecule has 1 N–H and O–H groups in total. The lowest BCUT2D eigenvalue weighted by atomic mass is 9.84. The van der Waals surface area contributed by atoms with E-state index in [-0.39, 0.29) is 5.41 Å². The van der Waals surface area contributed by atoms with Gasteiger partial charge in [-0.15, -0.1) is 0 Å². The maximum absolute atomic E-state index is 5.32. The van der Waals surface area contributed by atoms with Crippen molar-refractivity contribution >= 4 is 17.2 Å². The van der Waals surface area contributed by atoms with Gasteiger partial charge in [-0.25, -0.2) is 0 Å². The summed E-state index contributed by atoms with van der Waals surface area (Å²) in [4.78, 5) is 0.829. The minimum atomic E-state index is 0.190. The van der Waals surface area contributed by atoms with E-state index in [4.69, 9.17) is 12.2 Å². The number of nitrogens with one attached hydrogen (secondary N) is 1. The Labute approximate surface area is 104 Å². The first-order valence-corrected chi connectivity index (χ1v) is 6.02. The summed E-state index contributed by atoms with van der Waals surface area (Å²) < 4.78 is 0. The molecule has 0 saturated heterocycles. The Bertz CT molecular complexity index is 390. The molecule has 0 aromatic heterocycles. The summed E-state index contributed by atoms with van der Waals surface area (Å²) in [6.45, 7) is 11.0. The van der Waals surface area contributed by atoms with Crippen molar-refractivity contribution in [2.24, 2.45) is 0 Å². The molecule has 0 fully saturated rings. The van der Waals surface area contributed by atoms with E-state index in [0.29, 0.717) is 0 Å². The number of hydrogen-bond donors (Lipinski definition) is 1. The zero-order valence-electron chi connectivity index (χ0n) is 11.1. The largest absolute Gasteiger partial charge is 0.379 e. The molecule has 0 radical (unpaired) electrons. The highest BCUT2D eigenvalue weighted by atomic mass is 32.1. The van der Waals surface area contributed by atoms with E-state index in [1.807, 2.05) is 7.05 Å². The van der Waals surface area contributed by atoms with Gasteiger partial charge in [0.05, 0.1) is 0 Å². The number of rotatable bonds is 1. The van der Waals surface area contributed by atoms with Gasteiger partial charge in [0.1, 0.15) is 4.99 Å². The SMILES string of the molecule is CNC(=S)c1c(C)cc(C(C)(C)C)cc1C. The van der Waals surface area contributed by atoms with Gasteiger partial charge < -0.3 is 5.32 Å². The van der Waals surface area contributed by atoms with Gasteiger partial charge in [-0.3, -0.25) is 0 Å². The van der Waals surface area contributed by atoms with Crippen molar-refractivity contribution in [2.45, 2.75) is 40.0 Å². The minimum absolute atomic E-state index is 0.190. The van der Waals surface area contributed by atoms with Crippen LogP contribution < -0.4 is 5.32 Å². The highest BCUT2D eigenvalue weighted by Gasteiger charge is 2.17. The molecule has 0 aliphatic carbocycles. The highest BCUT2D eigenvalue weighted by Crippen LogP contribution is 2.26. The number of aryl methyl sites for hydroxylation is 2. The molecule has 16 heavy (non-hydrogen) atoms. The molecule has 0 spiro atoms. The maximum atomic E-state index is 5.32. The van der Waals surface area contributed by atoms with Gasteiger partial charge in [-0.2, -0.15) is 0 Å². The fourth-order valence-electron chi connectivity index (χ4n) is 1.88. The molecular formula is C14H21NS. The first-order valence-electron chi connectivity index (χ1n) is 5.61. The third kappa shape index (κ3) is 2.62. The smallest absolute Gasteiger partial charge is 0.106 e. The molecule has 0 aliphatic rings. The predicted octanol–water partition coefficient (Wildman–Crippen LogP) is 3.50. The van der Waals surface area contributed by atoms with Gasteiger partial charge in [-0.05, 0) is 36.0 Å². The topological polar surface area (TPSA) is 12.0 Å². The molecule has 1 aromatic carbocycles. The number of benzene rings is 1. The summed E-state index contributed by atoms with van der Waals surface area (Å²) in [5, 5.41) is 3.05. The van der Waals surface area contributed by atoms with Crippen LogP contribution >= 0.6 is 12.2 Å². The first kappa shape index (κ1) is 13.2. The molecule has 1 aromatic rings. The fourth-order valence-corrected chi connectivity index (χ4v) is 2.20. The van der Waals surface area contributed by atoms with Crippen LogP contribution in [0.3, 0.4) is 0 Å². The highest BCUT2D eigenvalue weighted by molar-refractivity contribution is 7.80. The van der Waals surface area contributed by atoms with E-state index in [2.05, 4.69) is 52.1 Å². The normalized spacial score (nSPS) is 11.4. The molecule has 1 rings (SSSR count). The van der Waals surface area contributed by atoms with Crippen LogP contribution in [0.4, 0.5) is 0 Å². The standard InChI is InChI=1S/C14H21NS/c1-9-7-11(14(3,4)5)8-10(2)12(9)13(16)15-6/h7-8H,1-6H3,(H,15,16). The summed E-state index contributed by atoms with van der Waals surface area (Å²) >= 11 is 5.32. The van der Waals surface area contributed by atoms with E-state index in [0.717, 1.165) is 4.99 Å². The van der Waals surface area contributed by atoms with Gasteiger partial charge in [0.2, 0.25) is 0 Å². The van der Waals surface area contributed by atoms with E-state index in [1.165, 1.54) is 22.3 Å². The van der Waals surface area contributed by atoms with Crippen molar-refractivity contribution in [1.29, 1.82) is 0 Å². The first-order chi connectivity index (χ1) is 7.27. The molecule has 1 nitrogen and oxygen atoms in total. The Morgan fingerprint density at radius 1 is 1.12 bits per heavy atom. The molecule has 88 valence electrons. The van der Waals surface area contributed by atoms with Crippen molar-refractivity contribution in [3.05, 3.63) is 34.4 Å². The van der Waals surface area contributed by atoms with Crippen molar-refractivity contribution in [1.82, 2.24) is 5.32 Å². The monoisotopic (exact) mass is 235 g/mol. The van der Waals surface area contributed by atoms with Crippen LogP contribution in [0.1, 0.15) is 43.0 Å². The summed E-state index contributed by atoms with van der Waals surface area (Å²) in [6.07, 6.45) is 0. The van der Waals surface area contributed by atoms with Crippen LogP contribution in [-0.4, -0.2) is 12.0 Å². The van der Waals surface area contributed by atoms with Crippen molar-refractivity contribution in [2.75, 3.05) is 7.05 Å². The van der Waals surface area contributed by atoms with E-state index >= 15 is 0 Å². The van der Waals surface area contributed by atoms with Crippen LogP contribution in [0.5, 0.6) is 0 Å². The molecule has 0 amide bonds. The van der Waals surface area contributed by atoms with Crippen LogP contribution in [0, 0.1) is 13.8 Å². The Kier molecular flexibility index (Phi) is 3.74. The lowest BCUT2D eigenvalue weighted by molar-refractivity contribution is 0.589. The zero-order valence-corrected chi connectivity index (χ0v) is 11.9. The molecule has 0 saturated carbocycles. The average molecular weight is 235 g/mol. The molecule has 0 bridgehead atoms. The lowest BCUT2D eigenvalue weighted by Gasteiger charge is -2.22. The van der Waals surface area contributed by atoms with Crippen LogP contribution in [0.2, 0.25) is 0 Å². The van der Waals surface area contributed by atoms with Gasteiger partial charge >= 0.3 is 0 Å². The van der Waals surface area contributed by atoms with E-state index < -0.39 is 0 Å². The Morgan fingerprint density at radius 2 is 1.56 bits per heavy atom. The Morgan fingerprint density at radius 3 is 1.88 bits per heavy atom. The second-order valence-corrected chi connectivity index (χ2v) is 5.72. The Balaban J connectivity index is 3.34. The van der Waals surface area contributed by atoms with Crippen LogP contribution in [0.25, 0.3) is 0 Å². The minimum Gasteiger partial charge on any atom is -0.379 e. The van der Waals surface area contributed by atoms with E-state index in [1.54, 1.807) is 0 Å². The van der Waals surface area contributed by atoms with Gasteiger partial charge in [0.15, 0.2) is 0 Å². The second kappa shape index (κ2) is 4.54. The van der Waals surface area contributed by atoms with Gasteiger partial charge in [0, 0.05) is 12.6 Å². The quantitative estimate of drug-likeness (QED) is 0.748. The number of hydrogen-bond acceptors (Lipinski definition) is 1. The molecule has 0 aliphatic heterocycles. The summed E-state index contributed by atoms with van der Waals surface area (Å²) in [6, 6.07) is 4.48. The molecule has 0 atom stereocenters. The van der Waals surface area contributed by atoms with Gasteiger partial charge in [0.25, 0.3) is 0 Å². The number of thiocarbonyl (C=S) groups is 1. The van der Waals surface area contributed by atoms with Crippen molar-refractivity contribution in [3.8, 4) is 0 Å². The summed E-state index contributed by atoms with van der Waals surface area (Å²) in [5.41, 5.74) is 5.24. The molecule has 0 heterocycles. The molecule has 0 unspecified atom stereocenters. The van der Waals surface area contributed by atoms with Crippen molar-refractivity contribution in [3.63, 3.8) is 0 Å². The third-order valence-corrected chi connectivity index (χ3v) is 3.26. The van der Waals surface area contributed by atoms with Crippen LogP contribution in [-0.2, 0) is 5.41 Å². The molecular weight excluding hydrogens is 214 g/mol. The van der Waals surface area contributed by atoms with Crippen molar-refractivity contribution < 1.29 is 0 Å². The van der Waals surface area contributed by atoms with Gasteiger partial charge in [-0.1, -0.05) is 45.1 Å². The van der Waals surface area contributed by atoms with Crippen LogP contribution in [0.15, 0.2) is 12.1 Å². The lowest BCUT2D eigenvalue weighted by Crippen LogP contribution is -2.20. The summed E-state index contributed by atoms with van der Waals surface area (Å²) in [5.74, 6) is 0. The predicted molar refractivity (Wildman–Crippen MR) is 75.4 cm³/mol.